The van der Waals surface area contributed by atoms with Gasteiger partial charge in [0, 0.05) is 6.61 Å². The summed E-state index contributed by atoms with van der Waals surface area (Å²) in [6.07, 6.45) is 4.44. The molecule has 0 spiro atoms. The Morgan fingerprint density at radius 3 is 2.45 bits per heavy atom. The number of esters is 1. The maximum Gasteiger partial charge on any atom is 0.309 e. The number of carbonyl (C=O) groups is 1. The number of hydrogen-bond acceptors (Lipinski definition) is 3. The van der Waals surface area contributed by atoms with Gasteiger partial charge in [-0.05, 0) is 50.2 Å². The number of rotatable bonds is 8. The quantitative estimate of drug-likeness (QED) is 0.379. The van der Waals surface area contributed by atoms with Crippen LogP contribution < -0.4 is 0 Å². The molecule has 118 valence electrons. The Hall–Kier alpha value is -0.353. The lowest BCUT2D eigenvalue weighted by Gasteiger charge is -2.36. The van der Waals surface area contributed by atoms with E-state index in [1.165, 1.54) is 0 Å². The fourth-order valence-electron chi connectivity index (χ4n) is 2.16. The molecule has 0 bridgehead atoms. The Labute approximate surface area is 125 Å². The molecule has 4 heteroatoms. The van der Waals surface area contributed by atoms with E-state index >= 15 is 0 Å². The van der Waals surface area contributed by atoms with Crippen LogP contribution in [0.4, 0.5) is 0 Å². The topological polar surface area (TPSA) is 35.5 Å². The molecular weight excluding hydrogens is 268 g/mol. The lowest BCUT2D eigenvalue weighted by molar-refractivity contribution is -0.145. The molecule has 1 rings (SSSR count). The van der Waals surface area contributed by atoms with E-state index in [1.807, 2.05) is 6.92 Å². The maximum atomic E-state index is 11.5. The average Bonchev–Trinajstić information content (AvgIpc) is 3.07. The monoisotopic (exact) mass is 300 g/mol. The summed E-state index contributed by atoms with van der Waals surface area (Å²) >= 11 is 0. The second-order valence-electron chi connectivity index (χ2n) is 7.46. The standard InChI is InChI=1S/C16H32O3Si/c1-7-18-15(17)14-12-13(14)10-8-9-11-19-20(5,6)16(2,3)4/h13-14H,7-12H2,1-6H3. The van der Waals surface area contributed by atoms with Gasteiger partial charge < -0.3 is 9.16 Å². The van der Waals surface area contributed by atoms with Crippen LogP contribution in [0.2, 0.25) is 18.1 Å². The van der Waals surface area contributed by atoms with Gasteiger partial charge in [-0.2, -0.15) is 0 Å². The van der Waals surface area contributed by atoms with Crippen LogP contribution in [0.5, 0.6) is 0 Å². The summed E-state index contributed by atoms with van der Waals surface area (Å²) < 4.78 is 11.2. The zero-order valence-electron chi connectivity index (χ0n) is 14.1. The van der Waals surface area contributed by atoms with E-state index in [0.29, 0.717) is 17.6 Å². The number of hydrogen-bond donors (Lipinski definition) is 0. The molecule has 0 aromatic heterocycles. The first-order valence-electron chi connectivity index (χ1n) is 7.99. The summed E-state index contributed by atoms with van der Waals surface area (Å²) in [5, 5.41) is 0.290. The van der Waals surface area contributed by atoms with Crippen molar-refractivity contribution in [3.8, 4) is 0 Å². The van der Waals surface area contributed by atoms with Gasteiger partial charge in [-0.15, -0.1) is 0 Å². The molecule has 2 unspecified atom stereocenters. The molecule has 0 saturated heterocycles. The van der Waals surface area contributed by atoms with Crippen LogP contribution in [0.1, 0.15) is 53.4 Å². The molecule has 1 fully saturated rings. The smallest absolute Gasteiger partial charge is 0.309 e. The third kappa shape index (κ3) is 5.21. The fraction of sp³-hybridized carbons (Fsp3) is 0.938. The molecule has 0 aromatic rings. The maximum absolute atomic E-state index is 11.5. The molecule has 1 aliphatic rings. The predicted molar refractivity (Wildman–Crippen MR) is 85.2 cm³/mol. The highest BCUT2D eigenvalue weighted by molar-refractivity contribution is 6.74. The minimum absolute atomic E-state index is 0.00928. The van der Waals surface area contributed by atoms with Crippen molar-refractivity contribution in [1.82, 2.24) is 0 Å². The van der Waals surface area contributed by atoms with Gasteiger partial charge in [-0.25, -0.2) is 0 Å². The van der Waals surface area contributed by atoms with E-state index < -0.39 is 8.32 Å². The lowest BCUT2D eigenvalue weighted by atomic mass is 10.1. The van der Waals surface area contributed by atoms with Crippen molar-refractivity contribution in [3.63, 3.8) is 0 Å². The van der Waals surface area contributed by atoms with Crippen LogP contribution in [0.25, 0.3) is 0 Å². The highest BCUT2D eigenvalue weighted by atomic mass is 28.4. The van der Waals surface area contributed by atoms with E-state index in [1.54, 1.807) is 0 Å². The van der Waals surface area contributed by atoms with Crippen LogP contribution >= 0.6 is 0 Å². The molecule has 0 heterocycles. The first-order chi connectivity index (χ1) is 9.19. The van der Waals surface area contributed by atoms with Crippen LogP contribution in [0, 0.1) is 11.8 Å². The molecule has 0 N–H and O–H groups in total. The molecule has 0 aliphatic heterocycles. The van der Waals surface area contributed by atoms with E-state index in [2.05, 4.69) is 33.9 Å². The van der Waals surface area contributed by atoms with Crippen molar-refractivity contribution in [1.29, 1.82) is 0 Å². The Balaban J connectivity index is 2.09. The highest BCUT2D eigenvalue weighted by Crippen LogP contribution is 2.43. The Morgan fingerprint density at radius 2 is 1.90 bits per heavy atom. The lowest BCUT2D eigenvalue weighted by Crippen LogP contribution is -2.40. The van der Waals surface area contributed by atoms with Crippen molar-refractivity contribution < 1.29 is 14.0 Å². The van der Waals surface area contributed by atoms with Crippen LogP contribution in [0.15, 0.2) is 0 Å². The van der Waals surface area contributed by atoms with Gasteiger partial charge in [0.05, 0.1) is 12.5 Å². The Bertz CT molecular complexity index is 320. The first-order valence-corrected chi connectivity index (χ1v) is 10.9. The summed E-state index contributed by atoms with van der Waals surface area (Å²) in [6.45, 7) is 14.6. The first kappa shape index (κ1) is 17.7. The summed E-state index contributed by atoms with van der Waals surface area (Å²) in [4.78, 5) is 11.5. The van der Waals surface area contributed by atoms with Gasteiger partial charge in [0.25, 0.3) is 0 Å². The Kier molecular flexibility index (Phi) is 6.26. The second kappa shape index (κ2) is 7.08. The van der Waals surface area contributed by atoms with Gasteiger partial charge in [0.1, 0.15) is 0 Å². The van der Waals surface area contributed by atoms with Gasteiger partial charge in [0.2, 0.25) is 0 Å². The van der Waals surface area contributed by atoms with Crippen LogP contribution in [0.3, 0.4) is 0 Å². The van der Waals surface area contributed by atoms with Crippen molar-refractivity contribution in [2.75, 3.05) is 13.2 Å². The molecule has 2 atom stereocenters. The average molecular weight is 301 g/mol. The van der Waals surface area contributed by atoms with E-state index in [0.717, 1.165) is 32.3 Å². The molecule has 0 radical (unpaired) electrons. The van der Waals surface area contributed by atoms with Gasteiger partial charge in [0.15, 0.2) is 8.32 Å². The molecule has 3 nitrogen and oxygen atoms in total. The van der Waals surface area contributed by atoms with Crippen molar-refractivity contribution >= 4 is 14.3 Å². The normalized spacial score (nSPS) is 22.7. The van der Waals surface area contributed by atoms with Crippen LogP contribution in [-0.2, 0) is 14.0 Å². The molecule has 1 saturated carbocycles. The van der Waals surface area contributed by atoms with Crippen molar-refractivity contribution in [3.05, 3.63) is 0 Å². The number of carbonyl (C=O) groups excluding carboxylic acids is 1. The van der Waals surface area contributed by atoms with Gasteiger partial charge in [-0.1, -0.05) is 27.2 Å². The Morgan fingerprint density at radius 1 is 1.25 bits per heavy atom. The summed E-state index contributed by atoms with van der Waals surface area (Å²) in [6, 6.07) is 0. The largest absolute Gasteiger partial charge is 0.466 e. The van der Waals surface area contributed by atoms with E-state index in [9.17, 15) is 4.79 Å². The minimum atomic E-state index is -1.58. The molecular formula is C16H32O3Si. The third-order valence-electron chi connectivity index (χ3n) is 4.75. The van der Waals surface area contributed by atoms with Crippen molar-refractivity contribution in [2.45, 2.75) is 71.5 Å². The second-order valence-corrected chi connectivity index (χ2v) is 12.3. The zero-order chi connectivity index (χ0) is 15.4. The number of unbranched alkanes of at least 4 members (excludes halogenated alkanes) is 1. The molecule has 20 heavy (non-hydrogen) atoms. The third-order valence-corrected chi connectivity index (χ3v) is 9.29. The molecule has 1 aliphatic carbocycles. The minimum Gasteiger partial charge on any atom is -0.466 e. The summed E-state index contributed by atoms with van der Waals surface area (Å²) in [7, 11) is -1.58. The molecule has 0 amide bonds. The fourth-order valence-corrected chi connectivity index (χ4v) is 3.24. The number of ether oxygens (including phenoxy) is 1. The highest BCUT2D eigenvalue weighted by Gasteiger charge is 2.43. The van der Waals surface area contributed by atoms with Crippen molar-refractivity contribution in [2.24, 2.45) is 11.8 Å². The van der Waals surface area contributed by atoms with E-state index in [-0.39, 0.29) is 11.9 Å². The van der Waals surface area contributed by atoms with Crippen LogP contribution in [-0.4, -0.2) is 27.5 Å². The summed E-state index contributed by atoms with van der Waals surface area (Å²) in [5.41, 5.74) is 0. The zero-order valence-corrected chi connectivity index (χ0v) is 15.1. The van der Waals surface area contributed by atoms with Gasteiger partial charge >= 0.3 is 5.97 Å². The van der Waals surface area contributed by atoms with Gasteiger partial charge in [-0.3, -0.25) is 4.79 Å². The van der Waals surface area contributed by atoms with E-state index in [4.69, 9.17) is 9.16 Å². The summed E-state index contributed by atoms with van der Waals surface area (Å²) in [5.74, 6) is 0.771. The predicted octanol–water partition coefficient (Wildman–Crippen LogP) is 4.38. The SMILES string of the molecule is CCOC(=O)C1CC1CCCCO[Si](C)(C)C(C)(C)C. The molecule has 0 aromatic carbocycles.